The molecule has 1 atom stereocenters. The highest BCUT2D eigenvalue weighted by molar-refractivity contribution is 5.46. The maximum Gasteiger partial charge on any atom is 0.224 e. The highest BCUT2D eigenvalue weighted by atomic mass is 16.3. The molecule has 1 aromatic heterocycles. The summed E-state index contributed by atoms with van der Waals surface area (Å²) in [6.45, 7) is 11.6. The van der Waals surface area contributed by atoms with Gasteiger partial charge in [0.1, 0.15) is 5.82 Å². The predicted octanol–water partition coefficient (Wildman–Crippen LogP) is 2.43. The summed E-state index contributed by atoms with van der Waals surface area (Å²) in [4.78, 5) is 8.58. The fraction of sp³-hybridized carbons (Fsp3) is 0.714. The molecule has 1 aromatic rings. The van der Waals surface area contributed by atoms with Crippen LogP contribution in [0.2, 0.25) is 0 Å². The van der Waals surface area contributed by atoms with Gasteiger partial charge in [0.05, 0.1) is 6.10 Å². The second-order valence-corrected chi connectivity index (χ2v) is 6.06. The lowest BCUT2D eigenvalue weighted by atomic mass is 9.89. The highest BCUT2D eigenvalue weighted by Gasteiger charge is 2.16. The van der Waals surface area contributed by atoms with Gasteiger partial charge in [0.2, 0.25) is 5.95 Å². The second-order valence-electron chi connectivity index (χ2n) is 6.06. The van der Waals surface area contributed by atoms with Crippen molar-refractivity contribution in [3.8, 4) is 0 Å². The lowest BCUT2D eigenvalue weighted by Gasteiger charge is -2.23. The van der Waals surface area contributed by atoms with Crippen molar-refractivity contribution in [2.45, 2.75) is 47.1 Å². The van der Waals surface area contributed by atoms with Crippen molar-refractivity contribution in [3.63, 3.8) is 0 Å². The average molecular weight is 266 g/mol. The first-order valence-corrected chi connectivity index (χ1v) is 6.81. The summed E-state index contributed by atoms with van der Waals surface area (Å²) >= 11 is 0. The van der Waals surface area contributed by atoms with E-state index in [0.29, 0.717) is 12.5 Å². The Morgan fingerprint density at radius 2 is 2.00 bits per heavy atom. The van der Waals surface area contributed by atoms with Crippen LogP contribution in [-0.4, -0.2) is 34.3 Å². The Balaban J connectivity index is 2.59. The van der Waals surface area contributed by atoms with Crippen molar-refractivity contribution < 1.29 is 5.11 Å². The van der Waals surface area contributed by atoms with Crippen LogP contribution < -0.4 is 10.6 Å². The number of hydrogen-bond acceptors (Lipinski definition) is 5. The molecule has 0 saturated carbocycles. The third-order valence-electron chi connectivity index (χ3n) is 2.66. The van der Waals surface area contributed by atoms with E-state index in [1.54, 1.807) is 6.20 Å². The van der Waals surface area contributed by atoms with E-state index in [2.05, 4.69) is 41.4 Å². The lowest BCUT2D eigenvalue weighted by molar-refractivity contribution is 0.132. The van der Waals surface area contributed by atoms with Crippen molar-refractivity contribution in [2.75, 3.05) is 23.7 Å². The van der Waals surface area contributed by atoms with Crippen molar-refractivity contribution in [1.29, 1.82) is 0 Å². The first-order valence-electron chi connectivity index (χ1n) is 6.81. The Hall–Kier alpha value is -1.36. The molecule has 0 spiro atoms. The highest BCUT2D eigenvalue weighted by Crippen LogP contribution is 2.21. The molecule has 0 saturated heterocycles. The average Bonchev–Trinajstić information content (AvgIpc) is 2.28. The summed E-state index contributed by atoms with van der Waals surface area (Å²) in [5, 5.41) is 16.3. The van der Waals surface area contributed by atoms with Gasteiger partial charge in [-0.25, -0.2) is 4.98 Å². The molecule has 19 heavy (non-hydrogen) atoms. The van der Waals surface area contributed by atoms with Gasteiger partial charge in [0, 0.05) is 24.8 Å². The van der Waals surface area contributed by atoms with Gasteiger partial charge in [0.25, 0.3) is 0 Å². The van der Waals surface area contributed by atoms with Crippen LogP contribution in [0, 0.1) is 12.3 Å². The topological polar surface area (TPSA) is 70.1 Å². The van der Waals surface area contributed by atoms with Crippen molar-refractivity contribution in [1.82, 2.24) is 9.97 Å². The Morgan fingerprint density at radius 3 is 2.58 bits per heavy atom. The van der Waals surface area contributed by atoms with E-state index in [1.807, 2.05) is 13.8 Å². The van der Waals surface area contributed by atoms with E-state index >= 15 is 0 Å². The Bertz CT molecular complexity index is 401. The van der Waals surface area contributed by atoms with E-state index in [-0.39, 0.29) is 11.5 Å². The predicted molar refractivity (Wildman–Crippen MR) is 79.5 cm³/mol. The smallest absolute Gasteiger partial charge is 0.224 e. The number of rotatable bonds is 6. The van der Waals surface area contributed by atoms with Gasteiger partial charge in [-0.1, -0.05) is 20.8 Å². The van der Waals surface area contributed by atoms with Crippen molar-refractivity contribution in [3.05, 3.63) is 11.8 Å². The maximum absolute atomic E-state index is 9.99. The fourth-order valence-electron chi connectivity index (χ4n) is 1.86. The zero-order chi connectivity index (χ0) is 14.5. The first kappa shape index (κ1) is 15.7. The summed E-state index contributed by atoms with van der Waals surface area (Å²) < 4.78 is 0. The van der Waals surface area contributed by atoms with Crippen LogP contribution in [0.4, 0.5) is 11.8 Å². The molecular weight excluding hydrogens is 240 g/mol. The molecule has 0 aliphatic rings. The van der Waals surface area contributed by atoms with E-state index in [1.165, 1.54) is 0 Å². The minimum Gasteiger partial charge on any atom is -0.391 e. The van der Waals surface area contributed by atoms with E-state index in [9.17, 15) is 5.11 Å². The molecule has 1 heterocycles. The van der Waals surface area contributed by atoms with E-state index < -0.39 is 0 Å². The molecule has 5 nitrogen and oxygen atoms in total. The van der Waals surface area contributed by atoms with Gasteiger partial charge in [0.15, 0.2) is 0 Å². The molecule has 1 unspecified atom stereocenters. The molecule has 5 heteroatoms. The number of aliphatic hydroxyl groups is 1. The third kappa shape index (κ3) is 5.87. The number of anilines is 2. The second kappa shape index (κ2) is 6.70. The summed E-state index contributed by atoms with van der Waals surface area (Å²) in [7, 11) is 0. The molecule has 3 N–H and O–H groups in total. The summed E-state index contributed by atoms with van der Waals surface area (Å²) in [5.41, 5.74) is 1.10. The first-order chi connectivity index (χ1) is 8.81. The Kier molecular flexibility index (Phi) is 5.54. The van der Waals surface area contributed by atoms with Crippen molar-refractivity contribution in [2.24, 2.45) is 5.41 Å². The third-order valence-corrected chi connectivity index (χ3v) is 2.66. The van der Waals surface area contributed by atoms with Gasteiger partial charge in [-0.15, -0.1) is 0 Å². The van der Waals surface area contributed by atoms with Crippen LogP contribution >= 0.6 is 0 Å². The quantitative estimate of drug-likeness (QED) is 0.737. The molecule has 0 aromatic carbocycles. The molecule has 1 rings (SSSR count). The lowest BCUT2D eigenvalue weighted by Crippen LogP contribution is -2.25. The maximum atomic E-state index is 9.99. The standard InChI is InChI=1S/C14H26N4O/c1-6-15-13-17-8-10(2)12(18-13)16-9-11(19)7-14(3,4)5/h8,11,19H,6-7,9H2,1-5H3,(H2,15,16,17,18). The minimum absolute atomic E-state index is 0.122. The Morgan fingerprint density at radius 1 is 1.32 bits per heavy atom. The van der Waals surface area contributed by atoms with Crippen LogP contribution in [0.1, 0.15) is 39.7 Å². The van der Waals surface area contributed by atoms with Crippen molar-refractivity contribution >= 4 is 11.8 Å². The SMILES string of the molecule is CCNc1ncc(C)c(NCC(O)CC(C)(C)C)n1. The zero-order valence-electron chi connectivity index (χ0n) is 12.6. The van der Waals surface area contributed by atoms with Gasteiger partial charge in [-0.05, 0) is 25.7 Å². The van der Waals surface area contributed by atoms with Gasteiger partial charge < -0.3 is 15.7 Å². The van der Waals surface area contributed by atoms with Gasteiger partial charge in [-0.3, -0.25) is 0 Å². The molecule has 0 amide bonds. The Labute approximate surface area is 115 Å². The molecule has 0 radical (unpaired) electrons. The van der Waals surface area contributed by atoms with E-state index in [4.69, 9.17) is 0 Å². The number of nitrogens with zero attached hydrogens (tertiary/aromatic N) is 2. The van der Waals surface area contributed by atoms with Crippen LogP contribution in [0.5, 0.6) is 0 Å². The summed E-state index contributed by atoms with van der Waals surface area (Å²) in [6.07, 6.45) is 2.16. The monoisotopic (exact) mass is 266 g/mol. The minimum atomic E-state index is -0.378. The van der Waals surface area contributed by atoms with E-state index in [0.717, 1.165) is 24.3 Å². The number of aliphatic hydroxyl groups excluding tert-OH is 1. The van der Waals surface area contributed by atoms with Crippen LogP contribution in [0.15, 0.2) is 6.20 Å². The number of hydrogen-bond donors (Lipinski definition) is 3. The number of aromatic nitrogens is 2. The van der Waals surface area contributed by atoms with Crippen LogP contribution in [0.3, 0.4) is 0 Å². The van der Waals surface area contributed by atoms with Crippen LogP contribution in [-0.2, 0) is 0 Å². The summed E-state index contributed by atoms with van der Waals surface area (Å²) in [6, 6.07) is 0. The largest absolute Gasteiger partial charge is 0.391 e. The molecular formula is C14H26N4O. The number of nitrogens with one attached hydrogen (secondary N) is 2. The van der Waals surface area contributed by atoms with Crippen LogP contribution in [0.25, 0.3) is 0 Å². The van der Waals surface area contributed by atoms with Gasteiger partial charge >= 0.3 is 0 Å². The normalized spacial score (nSPS) is 13.2. The molecule has 0 aliphatic heterocycles. The molecule has 108 valence electrons. The molecule has 0 aliphatic carbocycles. The molecule has 0 fully saturated rings. The zero-order valence-corrected chi connectivity index (χ0v) is 12.6. The molecule has 0 bridgehead atoms. The summed E-state index contributed by atoms with van der Waals surface area (Å²) in [5.74, 6) is 1.39. The fourth-order valence-corrected chi connectivity index (χ4v) is 1.86. The van der Waals surface area contributed by atoms with Gasteiger partial charge in [-0.2, -0.15) is 4.98 Å². The number of aryl methyl sites for hydroxylation is 1.